The summed E-state index contributed by atoms with van der Waals surface area (Å²) in [5.41, 5.74) is 10.7. The third-order valence-electron chi connectivity index (χ3n) is 4.67. The van der Waals surface area contributed by atoms with Crippen molar-refractivity contribution in [2.75, 3.05) is 5.32 Å². The summed E-state index contributed by atoms with van der Waals surface area (Å²) in [7, 11) is 0. The number of anilines is 2. The molecule has 1 heterocycles. The van der Waals surface area contributed by atoms with Crippen LogP contribution in [0.1, 0.15) is 22.3 Å². The highest BCUT2D eigenvalue weighted by Gasteiger charge is 2.28. The summed E-state index contributed by atoms with van der Waals surface area (Å²) in [4.78, 5) is 0. The summed E-state index contributed by atoms with van der Waals surface area (Å²) < 4.78 is 0. The molecular weight excluding hydrogens is 266 g/mol. The van der Waals surface area contributed by atoms with Crippen molar-refractivity contribution >= 4 is 22.5 Å². The van der Waals surface area contributed by atoms with E-state index in [4.69, 9.17) is 0 Å². The molecule has 0 aromatic heterocycles. The Balaban J connectivity index is 1.90. The zero-order chi connectivity index (χ0) is 14.5. The quantitative estimate of drug-likeness (QED) is 0.592. The second kappa shape index (κ2) is 4.35. The largest absolute Gasteiger partial charge is 0.355 e. The van der Waals surface area contributed by atoms with E-state index in [1.54, 1.807) is 0 Å². The van der Waals surface area contributed by atoms with Gasteiger partial charge in [-0.25, -0.2) is 0 Å². The molecule has 1 nitrogen and oxygen atoms in total. The fourth-order valence-electron chi connectivity index (χ4n) is 3.71. The van der Waals surface area contributed by atoms with Gasteiger partial charge in [0.05, 0.1) is 0 Å². The number of nitrogens with one attached hydrogen (secondary N) is 1. The molecule has 0 fully saturated rings. The monoisotopic (exact) mass is 281 g/mol. The average molecular weight is 281 g/mol. The van der Waals surface area contributed by atoms with E-state index >= 15 is 0 Å². The van der Waals surface area contributed by atoms with E-state index in [2.05, 4.69) is 78.1 Å². The zero-order valence-electron chi connectivity index (χ0n) is 12.1. The molecule has 0 amide bonds. The van der Waals surface area contributed by atoms with Gasteiger partial charge in [-0.2, -0.15) is 0 Å². The van der Waals surface area contributed by atoms with Gasteiger partial charge < -0.3 is 5.32 Å². The van der Waals surface area contributed by atoms with Crippen LogP contribution in [0.5, 0.6) is 0 Å². The van der Waals surface area contributed by atoms with Crippen LogP contribution >= 0.6 is 0 Å². The number of hydrogen-bond acceptors (Lipinski definition) is 1. The Morgan fingerprint density at radius 3 is 2.00 bits per heavy atom. The molecule has 104 valence electrons. The van der Waals surface area contributed by atoms with Crippen molar-refractivity contribution in [3.05, 3.63) is 95.1 Å². The van der Waals surface area contributed by atoms with Crippen LogP contribution in [-0.2, 0) is 6.42 Å². The lowest BCUT2D eigenvalue weighted by molar-refractivity contribution is 1.31. The predicted molar refractivity (Wildman–Crippen MR) is 92.2 cm³/mol. The standard InChI is InChI=1S/C21H15N/c1-2-8-15-14(7-1)13-18-16-9-3-5-11-19(16)22-20-12-6-4-10-17(20)21(15)18/h1-12,22H,13H2. The van der Waals surface area contributed by atoms with Crippen molar-refractivity contribution in [2.45, 2.75) is 6.42 Å². The molecule has 0 atom stereocenters. The number of para-hydroxylation sites is 2. The number of fused-ring (bicyclic) bond motifs is 6. The van der Waals surface area contributed by atoms with Crippen molar-refractivity contribution in [3.63, 3.8) is 0 Å². The number of rotatable bonds is 0. The SMILES string of the molecule is c1ccc2c(c1)CC1=C2c2ccccc2Nc2ccccc21. The van der Waals surface area contributed by atoms with Crippen LogP contribution in [-0.4, -0.2) is 0 Å². The number of hydrogen-bond donors (Lipinski definition) is 1. The third kappa shape index (κ3) is 1.54. The molecule has 0 spiro atoms. The van der Waals surface area contributed by atoms with Gasteiger partial charge in [0.15, 0.2) is 0 Å². The second-order valence-electron chi connectivity index (χ2n) is 5.90. The Hall–Kier alpha value is -2.80. The van der Waals surface area contributed by atoms with Crippen molar-refractivity contribution in [1.82, 2.24) is 0 Å². The van der Waals surface area contributed by atoms with Crippen LogP contribution < -0.4 is 5.32 Å². The molecule has 1 aliphatic heterocycles. The Morgan fingerprint density at radius 1 is 0.591 bits per heavy atom. The highest BCUT2D eigenvalue weighted by Crippen LogP contribution is 2.48. The Morgan fingerprint density at radius 2 is 1.18 bits per heavy atom. The van der Waals surface area contributed by atoms with Crippen LogP contribution in [0.4, 0.5) is 11.4 Å². The van der Waals surface area contributed by atoms with Crippen molar-refractivity contribution in [3.8, 4) is 0 Å². The van der Waals surface area contributed by atoms with Crippen molar-refractivity contribution < 1.29 is 0 Å². The summed E-state index contributed by atoms with van der Waals surface area (Å²) in [5.74, 6) is 0. The lowest BCUT2D eigenvalue weighted by atomic mass is 9.94. The smallest absolute Gasteiger partial charge is 0.0464 e. The third-order valence-corrected chi connectivity index (χ3v) is 4.67. The van der Waals surface area contributed by atoms with Gasteiger partial charge in [0.2, 0.25) is 0 Å². The van der Waals surface area contributed by atoms with Gasteiger partial charge in [-0.05, 0) is 40.8 Å². The molecule has 22 heavy (non-hydrogen) atoms. The van der Waals surface area contributed by atoms with Gasteiger partial charge in [-0.15, -0.1) is 0 Å². The van der Waals surface area contributed by atoms with Gasteiger partial charge in [-0.3, -0.25) is 0 Å². The molecule has 0 radical (unpaired) electrons. The number of benzene rings is 3. The first-order valence-electron chi connectivity index (χ1n) is 7.69. The van der Waals surface area contributed by atoms with E-state index in [1.807, 2.05) is 0 Å². The van der Waals surface area contributed by atoms with Crippen LogP contribution in [0.15, 0.2) is 72.8 Å². The van der Waals surface area contributed by atoms with Gasteiger partial charge in [0, 0.05) is 22.5 Å². The topological polar surface area (TPSA) is 12.0 Å². The van der Waals surface area contributed by atoms with E-state index in [0.717, 1.165) is 6.42 Å². The van der Waals surface area contributed by atoms with Crippen LogP contribution in [0.2, 0.25) is 0 Å². The Labute approximate surface area is 129 Å². The first-order valence-corrected chi connectivity index (χ1v) is 7.69. The zero-order valence-corrected chi connectivity index (χ0v) is 12.1. The number of allylic oxidation sites excluding steroid dienone is 1. The molecule has 1 N–H and O–H groups in total. The molecule has 0 unspecified atom stereocenters. The average Bonchev–Trinajstić information content (AvgIpc) is 2.89. The first-order chi connectivity index (χ1) is 10.9. The van der Waals surface area contributed by atoms with Gasteiger partial charge in [-0.1, -0.05) is 60.7 Å². The maximum absolute atomic E-state index is 3.62. The highest BCUT2D eigenvalue weighted by molar-refractivity contribution is 6.09. The predicted octanol–water partition coefficient (Wildman–Crippen LogP) is 5.26. The maximum Gasteiger partial charge on any atom is 0.0464 e. The summed E-state index contributed by atoms with van der Waals surface area (Å²) in [6.07, 6.45) is 1.01. The van der Waals surface area contributed by atoms with E-state index in [0.29, 0.717) is 0 Å². The molecule has 3 aromatic carbocycles. The summed E-state index contributed by atoms with van der Waals surface area (Å²) in [6.45, 7) is 0. The minimum atomic E-state index is 1.01. The van der Waals surface area contributed by atoms with Gasteiger partial charge in [0.25, 0.3) is 0 Å². The van der Waals surface area contributed by atoms with Crippen LogP contribution in [0.25, 0.3) is 11.1 Å². The Bertz CT molecular complexity index is 934. The van der Waals surface area contributed by atoms with Crippen molar-refractivity contribution in [2.24, 2.45) is 0 Å². The fraction of sp³-hybridized carbons (Fsp3) is 0.0476. The molecular formula is C21H15N. The molecule has 5 rings (SSSR count). The highest BCUT2D eigenvalue weighted by atomic mass is 14.9. The Kier molecular flexibility index (Phi) is 2.33. The first kappa shape index (κ1) is 11.8. The molecule has 1 heteroatoms. The van der Waals surface area contributed by atoms with Gasteiger partial charge in [0.1, 0.15) is 0 Å². The maximum atomic E-state index is 3.62. The molecule has 0 bridgehead atoms. The van der Waals surface area contributed by atoms with E-state index < -0.39 is 0 Å². The van der Waals surface area contributed by atoms with E-state index in [9.17, 15) is 0 Å². The lowest BCUT2D eigenvalue weighted by Gasteiger charge is -2.12. The van der Waals surface area contributed by atoms with Crippen LogP contribution in [0.3, 0.4) is 0 Å². The summed E-state index contributed by atoms with van der Waals surface area (Å²) in [6, 6.07) is 26.0. The summed E-state index contributed by atoms with van der Waals surface area (Å²) in [5, 5.41) is 3.62. The molecule has 3 aromatic rings. The lowest BCUT2D eigenvalue weighted by Crippen LogP contribution is -1.96. The van der Waals surface area contributed by atoms with Crippen LogP contribution in [0, 0.1) is 0 Å². The minimum Gasteiger partial charge on any atom is -0.355 e. The summed E-state index contributed by atoms with van der Waals surface area (Å²) >= 11 is 0. The molecule has 0 saturated carbocycles. The fourth-order valence-corrected chi connectivity index (χ4v) is 3.71. The normalized spacial score (nSPS) is 14.4. The molecule has 2 aliphatic rings. The van der Waals surface area contributed by atoms with E-state index in [-0.39, 0.29) is 0 Å². The van der Waals surface area contributed by atoms with E-state index in [1.165, 1.54) is 44.8 Å². The van der Waals surface area contributed by atoms with Crippen molar-refractivity contribution in [1.29, 1.82) is 0 Å². The molecule has 1 aliphatic carbocycles. The minimum absolute atomic E-state index is 1.01. The second-order valence-corrected chi connectivity index (χ2v) is 5.90. The molecule has 0 saturated heterocycles. The van der Waals surface area contributed by atoms with Gasteiger partial charge >= 0.3 is 0 Å².